The lowest BCUT2D eigenvalue weighted by molar-refractivity contribution is -0.318. The molecule has 0 radical (unpaired) electrons. The van der Waals surface area contributed by atoms with E-state index in [1.54, 1.807) is 0 Å². The number of aliphatic hydroxyl groups is 5. The summed E-state index contributed by atoms with van der Waals surface area (Å²) in [6, 6.07) is -2.05. The fourth-order valence-electron chi connectivity index (χ4n) is 6.12. The molecule has 3 amide bonds. The largest absolute Gasteiger partial charge is 0.390 e. The van der Waals surface area contributed by atoms with Gasteiger partial charge in [0.05, 0.1) is 68.3 Å². The molecule has 4 aliphatic heterocycles. The van der Waals surface area contributed by atoms with Crippen molar-refractivity contribution in [2.75, 3.05) is 52.4 Å². The van der Waals surface area contributed by atoms with Crippen molar-refractivity contribution in [1.82, 2.24) is 36.5 Å². The van der Waals surface area contributed by atoms with Crippen LogP contribution in [0, 0.1) is 0 Å². The van der Waals surface area contributed by atoms with E-state index in [0.717, 1.165) is 0 Å². The Morgan fingerprint density at radius 1 is 0.568 bits per heavy atom. The molecule has 4 heterocycles. The van der Waals surface area contributed by atoms with E-state index in [1.807, 2.05) is 0 Å². The number of carbonyl (C=O) groups excluding carboxylic acids is 3. The monoisotopic (exact) mass is 633 g/mol. The zero-order valence-electron chi connectivity index (χ0n) is 25.2. The van der Waals surface area contributed by atoms with Crippen LogP contribution in [0.15, 0.2) is 0 Å². The summed E-state index contributed by atoms with van der Waals surface area (Å²) in [5, 5.41) is 68.3. The lowest BCUT2D eigenvalue weighted by Crippen LogP contribution is -2.68. The van der Waals surface area contributed by atoms with Crippen LogP contribution >= 0.6 is 0 Å². The van der Waals surface area contributed by atoms with E-state index >= 15 is 0 Å². The first-order valence-electron chi connectivity index (χ1n) is 15.0. The molecule has 252 valence electrons. The number of rotatable bonds is 9. The Bertz CT molecular complexity index is 998. The summed E-state index contributed by atoms with van der Waals surface area (Å²) in [6.45, 7) is 5.01. The van der Waals surface area contributed by atoms with Gasteiger partial charge in [-0.15, -0.1) is 0 Å². The minimum atomic E-state index is -1.19. The second-order valence-corrected chi connectivity index (χ2v) is 12.0. The fraction of sp³-hybridized carbons (Fsp3) is 0.885. The number of nitrogens with one attached hydrogen (secondary N) is 4. The van der Waals surface area contributed by atoms with Crippen molar-refractivity contribution in [1.29, 1.82) is 0 Å². The number of hydrogen-bond acceptors (Lipinski definition) is 15. The smallest absolute Gasteiger partial charge is 0.217 e. The standard InChI is InChI=1S/C26H47N7O11/c1-13(34)28-16-6-27-7-20(38)24(16)43-32-9-18(30-15(3)36)26(23(41)12-32)44-33-8-17(29-14(2)35)25(22(40)11-33)42-31-5-4-19(37)21(39)10-31/h16-27,37-41H,4-12H2,1-3H3,(H,28,34)(H,29,35)(H,30,36). The molecule has 18 nitrogen and oxygen atoms in total. The molecular weight excluding hydrogens is 586 g/mol. The molecule has 0 bridgehead atoms. The highest BCUT2D eigenvalue weighted by atomic mass is 16.7. The number of amides is 3. The van der Waals surface area contributed by atoms with E-state index in [2.05, 4.69) is 21.3 Å². The number of aliphatic hydroxyl groups excluding tert-OH is 5. The number of piperidine rings is 4. The van der Waals surface area contributed by atoms with Gasteiger partial charge in [-0.1, -0.05) is 0 Å². The topological polar surface area (TPSA) is 238 Å². The van der Waals surface area contributed by atoms with Gasteiger partial charge in [-0.25, -0.2) is 0 Å². The Kier molecular flexibility index (Phi) is 12.2. The number of carbonyl (C=O) groups is 3. The molecule has 11 unspecified atom stereocenters. The maximum Gasteiger partial charge on any atom is 0.217 e. The first kappa shape index (κ1) is 34.8. The summed E-state index contributed by atoms with van der Waals surface area (Å²) >= 11 is 0. The summed E-state index contributed by atoms with van der Waals surface area (Å²) in [5.74, 6) is -1.04. The maximum absolute atomic E-state index is 12.1. The fourth-order valence-corrected chi connectivity index (χ4v) is 6.12. The van der Waals surface area contributed by atoms with E-state index in [0.29, 0.717) is 13.1 Å². The third kappa shape index (κ3) is 9.24. The summed E-state index contributed by atoms with van der Waals surface area (Å²) in [4.78, 5) is 54.0. The van der Waals surface area contributed by atoms with Gasteiger partial charge in [0.1, 0.15) is 18.3 Å². The molecule has 0 aromatic rings. The van der Waals surface area contributed by atoms with Crippen LogP contribution in [0.5, 0.6) is 0 Å². The molecule has 44 heavy (non-hydrogen) atoms. The molecule has 0 aliphatic carbocycles. The van der Waals surface area contributed by atoms with Gasteiger partial charge in [0.2, 0.25) is 17.7 Å². The van der Waals surface area contributed by atoms with Crippen LogP contribution in [0.1, 0.15) is 27.2 Å². The first-order chi connectivity index (χ1) is 20.8. The van der Waals surface area contributed by atoms with Crippen molar-refractivity contribution in [3.63, 3.8) is 0 Å². The molecule has 4 rings (SSSR count). The van der Waals surface area contributed by atoms with Gasteiger partial charge in [-0.3, -0.25) is 28.9 Å². The zero-order valence-corrected chi connectivity index (χ0v) is 25.2. The van der Waals surface area contributed by atoms with Crippen LogP contribution in [-0.4, -0.2) is 178 Å². The van der Waals surface area contributed by atoms with Gasteiger partial charge in [-0.2, -0.15) is 15.2 Å². The van der Waals surface area contributed by atoms with Crippen molar-refractivity contribution in [3.8, 4) is 0 Å². The Morgan fingerprint density at radius 3 is 1.48 bits per heavy atom. The van der Waals surface area contributed by atoms with Crippen LogP contribution in [0.25, 0.3) is 0 Å². The van der Waals surface area contributed by atoms with Gasteiger partial charge in [0.15, 0.2) is 0 Å². The maximum atomic E-state index is 12.1. The predicted molar refractivity (Wildman–Crippen MR) is 150 cm³/mol. The molecule has 4 saturated heterocycles. The molecule has 0 aromatic carbocycles. The van der Waals surface area contributed by atoms with Crippen LogP contribution in [0.4, 0.5) is 0 Å². The SMILES string of the molecule is CC(=O)NC1CN(OC2C(O)CN(OC3C(O)CNCC3NC(C)=O)CC2NC(C)=O)CC(O)C1ON1CCC(O)C(O)C1. The van der Waals surface area contributed by atoms with E-state index < -0.39 is 67.0 Å². The van der Waals surface area contributed by atoms with Crippen molar-refractivity contribution in [3.05, 3.63) is 0 Å². The second kappa shape index (κ2) is 15.5. The molecule has 4 fully saturated rings. The van der Waals surface area contributed by atoms with Gasteiger partial charge in [0, 0.05) is 53.5 Å². The average Bonchev–Trinajstić information content (AvgIpc) is 2.91. The van der Waals surface area contributed by atoms with Gasteiger partial charge < -0.3 is 46.8 Å². The molecule has 18 heteroatoms. The van der Waals surface area contributed by atoms with Gasteiger partial charge in [0.25, 0.3) is 0 Å². The van der Waals surface area contributed by atoms with E-state index in [4.69, 9.17) is 14.5 Å². The first-order valence-corrected chi connectivity index (χ1v) is 15.0. The molecule has 11 atom stereocenters. The number of nitrogens with zero attached hydrogens (tertiary/aromatic N) is 3. The van der Waals surface area contributed by atoms with Gasteiger partial charge >= 0.3 is 0 Å². The predicted octanol–water partition coefficient (Wildman–Crippen LogP) is -5.85. The Labute approximate surface area is 255 Å². The lowest BCUT2D eigenvalue weighted by Gasteiger charge is -2.47. The minimum absolute atomic E-state index is 0.0303. The highest BCUT2D eigenvalue weighted by Gasteiger charge is 2.46. The van der Waals surface area contributed by atoms with Crippen LogP contribution < -0.4 is 21.3 Å². The molecule has 0 saturated carbocycles. The highest BCUT2D eigenvalue weighted by Crippen LogP contribution is 2.25. The van der Waals surface area contributed by atoms with E-state index in [1.165, 1.54) is 36.0 Å². The summed E-state index contributed by atoms with van der Waals surface area (Å²) in [6.07, 6.45) is -7.56. The quantitative estimate of drug-likeness (QED) is 0.115. The lowest BCUT2D eigenvalue weighted by atomic mass is 9.99. The van der Waals surface area contributed by atoms with E-state index in [-0.39, 0.29) is 63.4 Å². The second-order valence-electron chi connectivity index (χ2n) is 12.0. The number of hydrogen-bond donors (Lipinski definition) is 9. The average molecular weight is 634 g/mol. The molecule has 9 N–H and O–H groups in total. The molecule has 0 spiro atoms. The van der Waals surface area contributed by atoms with Crippen molar-refractivity contribution < 1.29 is 54.4 Å². The summed E-state index contributed by atoms with van der Waals surface area (Å²) in [7, 11) is 0. The Balaban J connectivity index is 1.42. The molecule has 4 aliphatic rings. The molecular formula is C26H47N7O11. The van der Waals surface area contributed by atoms with Crippen LogP contribution in [0.3, 0.4) is 0 Å². The summed E-state index contributed by atoms with van der Waals surface area (Å²) < 4.78 is 0. The number of hydroxylamine groups is 6. The minimum Gasteiger partial charge on any atom is -0.390 e. The Hall–Kier alpha value is -2.07. The van der Waals surface area contributed by atoms with Crippen LogP contribution in [0.2, 0.25) is 0 Å². The van der Waals surface area contributed by atoms with Crippen molar-refractivity contribution in [2.24, 2.45) is 0 Å². The third-order valence-electron chi connectivity index (χ3n) is 8.11. The normalized spacial score (nSPS) is 39.4. The highest BCUT2D eigenvalue weighted by molar-refractivity contribution is 5.74. The number of β-amino-alcohol motifs (C(OH)–C–C–N with tert-alkyl or cyclic N) is 4. The molecule has 0 aromatic heterocycles. The van der Waals surface area contributed by atoms with Crippen LogP contribution in [-0.2, 0) is 28.9 Å². The summed E-state index contributed by atoms with van der Waals surface area (Å²) in [5.41, 5.74) is 0. The third-order valence-corrected chi connectivity index (χ3v) is 8.11. The Morgan fingerprint density at radius 2 is 1.00 bits per heavy atom. The van der Waals surface area contributed by atoms with E-state index in [9.17, 15) is 39.9 Å². The van der Waals surface area contributed by atoms with Crippen molar-refractivity contribution in [2.45, 2.75) is 94.1 Å². The van der Waals surface area contributed by atoms with Crippen molar-refractivity contribution >= 4 is 17.7 Å². The van der Waals surface area contributed by atoms with Gasteiger partial charge in [-0.05, 0) is 6.42 Å². The zero-order chi connectivity index (χ0) is 32.1.